The molecule has 0 fully saturated rings. The van der Waals surface area contributed by atoms with Crippen molar-refractivity contribution in [3.05, 3.63) is 130 Å². The highest BCUT2D eigenvalue weighted by Gasteiger charge is 2.25. The third-order valence-corrected chi connectivity index (χ3v) is 11.9. The zero-order valence-corrected chi connectivity index (χ0v) is 33.4. The first-order valence-corrected chi connectivity index (χ1v) is 20.0. The topological polar surface area (TPSA) is 141 Å². The Morgan fingerprint density at radius 3 is 1.35 bits per heavy atom. The quantitative estimate of drug-likeness (QED) is 0.104. The van der Waals surface area contributed by atoms with Crippen LogP contribution in [0.25, 0.3) is 34.2 Å². The molecular formula is C36H28Br2N12O2S2. The van der Waals surface area contributed by atoms with Crippen LogP contribution in [0.2, 0.25) is 0 Å². The molecule has 0 bridgehead atoms. The maximum absolute atomic E-state index is 5.30. The summed E-state index contributed by atoms with van der Waals surface area (Å²) in [6.45, 7) is 0.875. The van der Waals surface area contributed by atoms with Crippen molar-refractivity contribution in [3.63, 3.8) is 0 Å². The van der Waals surface area contributed by atoms with E-state index in [9.17, 15) is 0 Å². The van der Waals surface area contributed by atoms with Crippen molar-refractivity contribution in [1.29, 1.82) is 0 Å². The smallest absolute Gasteiger partial charge is 0.209 e. The zero-order valence-electron chi connectivity index (χ0n) is 28.6. The van der Waals surface area contributed by atoms with Crippen molar-refractivity contribution in [2.75, 3.05) is 14.2 Å². The van der Waals surface area contributed by atoms with Crippen molar-refractivity contribution in [3.8, 4) is 45.6 Å². The Morgan fingerprint density at radius 2 is 0.963 bits per heavy atom. The molecule has 0 saturated carbocycles. The molecule has 0 radical (unpaired) electrons. The van der Waals surface area contributed by atoms with Gasteiger partial charge < -0.3 is 9.47 Å². The van der Waals surface area contributed by atoms with Crippen LogP contribution in [0, 0.1) is 0 Å². The number of methoxy groups -OCH3 is 2. The Kier molecular flexibility index (Phi) is 10.6. The lowest BCUT2D eigenvalue weighted by Gasteiger charge is -2.12. The van der Waals surface area contributed by atoms with Crippen LogP contribution in [0.3, 0.4) is 0 Å². The molecular weight excluding hydrogens is 856 g/mol. The first-order valence-electron chi connectivity index (χ1n) is 16.3. The van der Waals surface area contributed by atoms with Gasteiger partial charge in [-0.1, -0.05) is 48.5 Å². The fourth-order valence-corrected chi connectivity index (χ4v) is 8.83. The van der Waals surface area contributed by atoms with E-state index in [4.69, 9.17) is 29.9 Å². The Hall–Kier alpha value is -5.30. The fraction of sp³-hybridized carbons (Fsp3) is 0.111. The van der Waals surface area contributed by atoms with Crippen molar-refractivity contribution in [2.45, 2.75) is 23.1 Å². The number of halogens is 2. The number of para-hydroxylation sites is 2. The maximum atomic E-state index is 5.30. The van der Waals surface area contributed by atoms with E-state index in [0.29, 0.717) is 35.9 Å². The van der Waals surface area contributed by atoms with E-state index in [2.05, 4.69) is 52.5 Å². The minimum absolute atomic E-state index is 0.438. The summed E-state index contributed by atoms with van der Waals surface area (Å²) in [5.41, 5.74) is 5.13. The van der Waals surface area contributed by atoms with Crippen LogP contribution in [0.5, 0.6) is 11.5 Å². The number of benzene rings is 4. The molecule has 270 valence electrons. The molecule has 0 aliphatic carbocycles. The molecule has 0 aliphatic rings. The average Bonchev–Trinajstić information content (AvgIpc) is 4.02. The van der Waals surface area contributed by atoms with Crippen molar-refractivity contribution >= 4 is 53.4 Å². The molecule has 14 nitrogen and oxygen atoms in total. The van der Waals surface area contributed by atoms with Gasteiger partial charge >= 0.3 is 0 Å². The van der Waals surface area contributed by atoms with E-state index in [0.717, 1.165) is 53.0 Å². The number of ether oxygens (including phenoxy) is 2. The van der Waals surface area contributed by atoms with Gasteiger partial charge in [0.05, 0.1) is 62.2 Å². The highest BCUT2D eigenvalue weighted by Crippen LogP contribution is 2.46. The molecule has 0 unspecified atom stereocenters. The largest absolute Gasteiger partial charge is 0.497 e. The van der Waals surface area contributed by atoms with E-state index in [1.165, 1.54) is 21.6 Å². The second kappa shape index (κ2) is 16.0. The van der Waals surface area contributed by atoms with Crippen LogP contribution in [0.4, 0.5) is 0 Å². The van der Waals surface area contributed by atoms with Crippen LogP contribution in [0.1, 0.15) is 11.1 Å². The molecule has 8 aromatic rings. The van der Waals surface area contributed by atoms with Gasteiger partial charge in [-0.3, -0.25) is 0 Å². The van der Waals surface area contributed by atoms with E-state index >= 15 is 0 Å². The van der Waals surface area contributed by atoms with Crippen LogP contribution in [0.15, 0.2) is 128 Å². The third-order valence-electron chi connectivity index (χ3n) is 8.16. The van der Waals surface area contributed by atoms with E-state index in [1.807, 2.05) is 106 Å². The molecule has 4 aromatic carbocycles. The fourth-order valence-electron chi connectivity index (χ4n) is 5.44. The highest BCUT2D eigenvalue weighted by molar-refractivity contribution is 9.11. The van der Waals surface area contributed by atoms with Gasteiger partial charge in [-0.25, -0.2) is 9.36 Å². The Labute approximate surface area is 333 Å². The van der Waals surface area contributed by atoms with E-state index in [1.54, 1.807) is 36.2 Å². The van der Waals surface area contributed by atoms with Crippen molar-refractivity contribution < 1.29 is 9.47 Å². The Balaban J connectivity index is 1.15. The molecule has 54 heavy (non-hydrogen) atoms. The molecule has 0 N–H and O–H groups in total. The van der Waals surface area contributed by atoms with Gasteiger partial charge in [-0.05, 0) is 124 Å². The predicted octanol–water partition coefficient (Wildman–Crippen LogP) is 7.80. The first-order chi connectivity index (χ1) is 26.5. The maximum Gasteiger partial charge on any atom is 0.209 e. The lowest BCUT2D eigenvalue weighted by atomic mass is 10.2. The number of hydrogen-bond donors (Lipinski definition) is 0. The molecule has 18 heteroatoms. The van der Waals surface area contributed by atoms with Gasteiger partial charge in [0, 0.05) is 8.95 Å². The van der Waals surface area contributed by atoms with Gasteiger partial charge in [0.2, 0.25) is 11.6 Å². The molecule has 0 amide bonds. The van der Waals surface area contributed by atoms with Gasteiger partial charge in [-0.2, -0.15) is 19.8 Å². The summed E-state index contributed by atoms with van der Waals surface area (Å²) in [4.78, 5) is 3.13. The monoisotopic (exact) mass is 882 g/mol. The van der Waals surface area contributed by atoms with Gasteiger partial charge in [0.25, 0.3) is 0 Å². The Bertz CT molecular complexity index is 2360. The molecule has 0 spiro atoms. The second-order valence-electron chi connectivity index (χ2n) is 11.6. The average molecular weight is 885 g/mol. The summed E-state index contributed by atoms with van der Waals surface area (Å²) in [6.07, 6.45) is 3.52. The summed E-state index contributed by atoms with van der Waals surface area (Å²) in [6, 6.07) is 31.3. The van der Waals surface area contributed by atoms with Gasteiger partial charge in [0.1, 0.15) is 21.6 Å². The molecule has 0 aliphatic heterocycles. The molecule has 8 rings (SSSR count). The number of tetrazole rings is 2. The molecule has 4 heterocycles. The first kappa shape index (κ1) is 35.7. The van der Waals surface area contributed by atoms with Gasteiger partial charge in [-0.15, -0.1) is 20.4 Å². The van der Waals surface area contributed by atoms with Crippen molar-refractivity contribution in [2.24, 2.45) is 0 Å². The van der Waals surface area contributed by atoms with Crippen molar-refractivity contribution in [1.82, 2.24) is 60.0 Å². The standard InChI is InChI=1S/C36H28Br2N12O2S2/c1-51-25-15-11-23(12-16-25)21-47-43-33(41-45-47)27-19-39-49(31-9-5-3-7-29(31)37)35(27)53-54-36-28(20-40-50(36)32-10-6-4-8-30(32)38)34-42-46-48(44-34)22-24-13-17-26(52-2)18-14-24/h3-20H,21-22H2,1-2H3. The Morgan fingerprint density at radius 1 is 0.556 bits per heavy atom. The number of rotatable bonds is 13. The minimum Gasteiger partial charge on any atom is -0.497 e. The summed E-state index contributed by atoms with van der Waals surface area (Å²) >= 11 is 7.43. The zero-order chi connectivity index (χ0) is 37.0. The van der Waals surface area contributed by atoms with E-state index < -0.39 is 0 Å². The summed E-state index contributed by atoms with van der Waals surface area (Å²) in [5, 5.41) is 38.3. The number of nitrogens with zero attached hydrogens (tertiary/aromatic N) is 12. The predicted molar refractivity (Wildman–Crippen MR) is 212 cm³/mol. The van der Waals surface area contributed by atoms with Crippen LogP contribution < -0.4 is 9.47 Å². The lowest BCUT2D eigenvalue weighted by Crippen LogP contribution is -2.04. The number of hydrogen-bond acceptors (Lipinski definition) is 12. The third kappa shape index (κ3) is 7.54. The molecule has 4 aromatic heterocycles. The molecule has 0 atom stereocenters. The molecule has 0 saturated heterocycles. The lowest BCUT2D eigenvalue weighted by molar-refractivity contribution is 0.414. The summed E-state index contributed by atoms with van der Waals surface area (Å²) < 4.78 is 16.1. The van der Waals surface area contributed by atoms with Crippen LogP contribution >= 0.6 is 53.4 Å². The number of aromatic nitrogens is 12. The minimum atomic E-state index is 0.438. The second-order valence-corrected chi connectivity index (χ2v) is 15.4. The summed E-state index contributed by atoms with van der Waals surface area (Å²) in [5.74, 6) is 2.44. The summed E-state index contributed by atoms with van der Waals surface area (Å²) in [7, 11) is 6.26. The SMILES string of the molecule is COc1ccc(Cn2nnc(-c3cnn(-c4ccccc4Br)c3SSc3c(-c4nnn(Cc5ccc(OC)cc5)n4)cnn3-c3ccccc3Br)n2)cc1. The normalized spacial score (nSPS) is 11.3. The van der Waals surface area contributed by atoms with E-state index in [-0.39, 0.29) is 0 Å². The highest BCUT2D eigenvalue weighted by atomic mass is 79.9. The van der Waals surface area contributed by atoms with Crippen LogP contribution in [-0.2, 0) is 13.1 Å². The van der Waals surface area contributed by atoms with Crippen LogP contribution in [-0.4, -0.2) is 74.2 Å². The van der Waals surface area contributed by atoms with Gasteiger partial charge in [0.15, 0.2) is 0 Å².